The number of amides is 1. The van der Waals surface area contributed by atoms with Crippen LogP contribution in [0.5, 0.6) is 0 Å². The maximum absolute atomic E-state index is 13.4. The molecule has 1 atom stereocenters. The quantitative estimate of drug-likeness (QED) is 0.266. The van der Waals surface area contributed by atoms with E-state index in [2.05, 4.69) is 9.97 Å². The predicted octanol–water partition coefficient (Wildman–Crippen LogP) is 5.96. The van der Waals surface area contributed by atoms with Crippen LogP contribution in [0.25, 0.3) is 11.1 Å². The smallest absolute Gasteiger partial charge is 0.378 e. The zero-order valence-corrected chi connectivity index (χ0v) is 23.5. The van der Waals surface area contributed by atoms with E-state index in [1.54, 1.807) is 18.2 Å². The van der Waals surface area contributed by atoms with Gasteiger partial charge in [0.1, 0.15) is 5.82 Å². The summed E-state index contributed by atoms with van der Waals surface area (Å²) in [5.41, 5.74) is -0.900. The molecule has 2 aliphatic rings. The van der Waals surface area contributed by atoms with Crippen molar-refractivity contribution in [1.82, 2.24) is 19.9 Å². The van der Waals surface area contributed by atoms with E-state index < -0.39 is 46.5 Å². The Balaban J connectivity index is 1.26. The van der Waals surface area contributed by atoms with Gasteiger partial charge in [0.05, 0.1) is 34.3 Å². The van der Waals surface area contributed by atoms with Gasteiger partial charge in [0.15, 0.2) is 6.10 Å². The molecule has 45 heavy (non-hydrogen) atoms. The average molecular weight is 629 g/mol. The number of fused-ring (bicyclic) bond motifs is 1. The van der Waals surface area contributed by atoms with Gasteiger partial charge in [0, 0.05) is 24.5 Å². The molecule has 2 N–H and O–H groups in total. The van der Waals surface area contributed by atoms with Crippen LogP contribution >= 0.6 is 0 Å². The molecule has 13 heteroatoms. The van der Waals surface area contributed by atoms with Gasteiger partial charge in [-0.05, 0) is 60.6 Å². The molecule has 0 saturated heterocycles. The van der Waals surface area contributed by atoms with E-state index >= 15 is 0 Å². The van der Waals surface area contributed by atoms with Crippen LogP contribution in [0.4, 0.5) is 26.3 Å². The summed E-state index contributed by atoms with van der Waals surface area (Å²) in [5, 5.41) is 10.7. The normalized spacial score (nSPS) is 16.9. The predicted molar refractivity (Wildman–Crippen MR) is 150 cm³/mol. The fourth-order valence-corrected chi connectivity index (χ4v) is 5.77. The number of benzene rings is 2. The second kappa shape index (κ2) is 11.1. The van der Waals surface area contributed by atoms with Crippen molar-refractivity contribution in [2.75, 3.05) is 6.54 Å². The van der Waals surface area contributed by atoms with Gasteiger partial charge in [0.25, 0.3) is 11.5 Å². The minimum atomic E-state index is -4.65. The number of carbonyl (C=O) groups is 1. The third-order valence-electron chi connectivity index (χ3n) is 8.38. The lowest BCUT2D eigenvalue weighted by molar-refractivity contribution is -0.142. The SMILES string of the molecule is O=C([C@H](O)c1cccc(C(F)(F)F)c1)N1CCCc2nc(C3(c4cccc(-c5cncc(C(F)(F)F)c5)c4)CC3)[nH]c(=O)c2C1. The molecule has 1 aliphatic heterocycles. The highest BCUT2D eigenvalue weighted by atomic mass is 19.4. The first-order valence-electron chi connectivity index (χ1n) is 14.2. The summed E-state index contributed by atoms with van der Waals surface area (Å²) in [6, 6.07) is 12.0. The van der Waals surface area contributed by atoms with Crippen LogP contribution in [0.2, 0.25) is 0 Å². The van der Waals surface area contributed by atoms with Crippen LogP contribution in [0, 0.1) is 0 Å². The zero-order valence-electron chi connectivity index (χ0n) is 23.5. The highest BCUT2D eigenvalue weighted by Crippen LogP contribution is 2.52. The molecule has 1 amide bonds. The molecular formula is C32H26F6N4O3. The number of pyridine rings is 1. The van der Waals surface area contributed by atoms with E-state index in [1.807, 2.05) is 6.07 Å². The number of aryl methyl sites for hydroxylation is 1. The number of hydrogen-bond donors (Lipinski definition) is 2. The Hall–Kier alpha value is -4.52. The lowest BCUT2D eigenvalue weighted by Crippen LogP contribution is -2.36. The Morgan fingerprint density at radius 2 is 1.67 bits per heavy atom. The van der Waals surface area contributed by atoms with Gasteiger partial charge in [-0.15, -0.1) is 0 Å². The topological polar surface area (TPSA) is 99.2 Å². The van der Waals surface area contributed by atoms with Crippen molar-refractivity contribution in [3.05, 3.63) is 117 Å². The molecule has 3 heterocycles. The first-order valence-corrected chi connectivity index (χ1v) is 14.2. The Kier molecular flexibility index (Phi) is 7.54. The van der Waals surface area contributed by atoms with Gasteiger partial charge in [-0.25, -0.2) is 4.98 Å². The second-order valence-electron chi connectivity index (χ2n) is 11.4. The Bertz CT molecular complexity index is 1830. The molecular weight excluding hydrogens is 602 g/mol. The molecule has 0 unspecified atom stereocenters. The van der Waals surface area contributed by atoms with Crippen molar-refractivity contribution in [2.45, 2.75) is 56.1 Å². The molecule has 7 nitrogen and oxygen atoms in total. The average Bonchev–Trinajstić information content (AvgIpc) is 3.85. The van der Waals surface area contributed by atoms with Crippen LogP contribution in [-0.4, -0.2) is 37.4 Å². The molecule has 0 radical (unpaired) electrons. The standard InChI is InChI=1S/C32H26F6N4O3/c33-31(34,35)22-7-2-5-19(13-22)26(43)28(45)42-11-3-8-25-24(17-42)27(44)41-29(40-25)30(9-10-30)21-6-1-4-18(12-21)20-14-23(16-39-15-20)32(36,37)38/h1-2,4-7,12-16,26,43H,3,8-11,17H2,(H,40,41,44)/t26-/m1/s1. The molecule has 1 aliphatic carbocycles. The molecule has 0 spiro atoms. The number of alkyl halides is 6. The maximum atomic E-state index is 13.4. The summed E-state index contributed by atoms with van der Waals surface area (Å²) in [7, 11) is 0. The molecule has 6 rings (SSSR count). The number of H-pyrrole nitrogens is 1. The van der Waals surface area contributed by atoms with Gasteiger partial charge in [-0.3, -0.25) is 14.6 Å². The first-order chi connectivity index (χ1) is 21.3. The highest BCUT2D eigenvalue weighted by Gasteiger charge is 2.49. The number of halogens is 6. The van der Waals surface area contributed by atoms with Crippen molar-refractivity contribution in [1.29, 1.82) is 0 Å². The Labute approximate surface area is 252 Å². The van der Waals surface area contributed by atoms with Gasteiger partial charge in [-0.1, -0.05) is 36.4 Å². The van der Waals surface area contributed by atoms with Crippen molar-refractivity contribution in [3.8, 4) is 11.1 Å². The summed E-state index contributed by atoms with van der Waals surface area (Å²) in [6.45, 7) is -0.0317. The minimum absolute atomic E-state index is 0.151. The number of aromatic amines is 1. The molecule has 0 bridgehead atoms. The summed E-state index contributed by atoms with van der Waals surface area (Å²) >= 11 is 0. The summed E-state index contributed by atoms with van der Waals surface area (Å²) in [4.78, 5) is 39.2. The lowest BCUT2D eigenvalue weighted by Gasteiger charge is -2.24. The van der Waals surface area contributed by atoms with Crippen LogP contribution in [0.3, 0.4) is 0 Å². The fourth-order valence-electron chi connectivity index (χ4n) is 5.77. The van der Waals surface area contributed by atoms with Gasteiger partial charge in [-0.2, -0.15) is 26.3 Å². The zero-order chi connectivity index (χ0) is 32.1. The Morgan fingerprint density at radius 1 is 0.933 bits per heavy atom. The molecule has 1 saturated carbocycles. The van der Waals surface area contributed by atoms with Crippen LogP contribution in [-0.2, 0) is 35.5 Å². The van der Waals surface area contributed by atoms with Gasteiger partial charge in [0.2, 0.25) is 0 Å². The van der Waals surface area contributed by atoms with E-state index in [9.17, 15) is 41.0 Å². The number of aliphatic hydroxyl groups excluding tert-OH is 1. The van der Waals surface area contributed by atoms with Crippen molar-refractivity contribution in [3.63, 3.8) is 0 Å². The number of aliphatic hydroxyl groups is 1. The Morgan fingerprint density at radius 3 is 2.38 bits per heavy atom. The lowest BCUT2D eigenvalue weighted by atomic mass is 9.91. The number of rotatable bonds is 5. The summed E-state index contributed by atoms with van der Waals surface area (Å²) < 4.78 is 79.3. The number of aromatic nitrogens is 3. The number of nitrogens with zero attached hydrogens (tertiary/aromatic N) is 3. The van der Waals surface area contributed by atoms with Crippen molar-refractivity contribution < 1.29 is 36.2 Å². The number of carbonyl (C=O) groups excluding carboxylic acids is 1. The van der Waals surface area contributed by atoms with Crippen molar-refractivity contribution >= 4 is 5.91 Å². The summed E-state index contributed by atoms with van der Waals surface area (Å²) in [6.07, 6.45) is -6.88. The van der Waals surface area contributed by atoms with Crippen LogP contribution < -0.4 is 5.56 Å². The van der Waals surface area contributed by atoms with E-state index in [-0.39, 0.29) is 24.2 Å². The third-order valence-corrected chi connectivity index (χ3v) is 8.38. The number of hydrogen-bond acceptors (Lipinski definition) is 5. The number of nitrogens with one attached hydrogen (secondary N) is 1. The molecule has 2 aromatic carbocycles. The monoisotopic (exact) mass is 628 g/mol. The largest absolute Gasteiger partial charge is 0.417 e. The van der Waals surface area contributed by atoms with E-state index in [4.69, 9.17) is 4.98 Å². The van der Waals surface area contributed by atoms with Gasteiger partial charge < -0.3 is 15.0 Å². The molecule has 1 fully saturated rings. The maximum Gasteiger partial charge on any atom is 0.417 e. The third kappa shape index (κ3) is 5.96. The van der Waals surface area contributed by atoms with Crippen LogP contribution in [0.1, 0.15) is 64.7 Å². The second-order valence-corrected chi connectivity index (χ2v) is 11.4. The van der Waals surface area contributed by atoms with Crippen molar-refractivity contribution in [2.24, 2.45) is 0 Å². The molecule has 2 aromatic heterocycles. The van der Waals surface area contributed by atoms with Gasteiger partial charge >= 0.3 is 12.4 Å². The fraction of sp³-hybridized carbons (Fsp3) is 0.312. The first kappa shape index (κ1) is 30.5. The molecule has 234 valence electrons. The highest BCUT2D eigenvalue weighted by molar-refractivity contribution is 5.82. The molecule has 4 aromatic rings. The summed E-state index contributed by atoms with van der Waals surface area (Å²) in [5.74, 6) is -0.417. The van der Waals surface area contributed by atoms with Crippen LogP contribution in [0.15, 0.2) is 71.8 Å². The van der Waals surface area contributed by atoms with E-state index in [0.717, 1.165) is 36.0 Å². The van der Waals surface area contributed by atoms with E-state index in [0.29, 0.717) is 48.3 Å². The minimum Gasteiger partial charge on any atom is -0.378 e. The van der Waals surface area contributed by atoms with E-state index in [1.165, 1.54) is 17.2 Å².